The van der Waals surface area contributed by atoms with Gasteiger partial charge in [-0.1, -0.05) is 0 Å². The minimum Gasteiger partial charge on any atom is -0.378 e. The van der Waals surface area contributed by atoms with Crippen LogP contribution in [0.2, 0.25) is 0 Å². The first-order valence-corrected chi connectivity index (χ1v) is 19.8. The Morgan fingerprint density at radius 2 is 1.00 bits per heavy atom. The van der Waals surface area contributed by atoms with Crippen LogP contribution in [0.5, 0.6) is 0 Å². The zero-order valence-electron chi connectivity index (χ0n) is 28.7. The summed E-state index contributed by atoms with van der Waals surface area (Å²) < 4.78 is 97.8. The van der Waals surface area contributed by atoms with Gasteiger partial charge in [0.25, 0.3) is 0 Å². The van der Waals surface area contributed by atoms with Crippen LogP contribution in [0.4, 0.5) is 0 Å². The number of fused-ring (bicyclic) bond motifs is 6. The van der Waals surface area contributed by atoms with Crippen LogP contribution in [-0.4, -0.2) is 135 Å². The molecule has 2 N–H and O–H groups in total. The Hall–Kier alpha value is -0.100. The molecule has 278 valence electrons. The average molecular weight is 731 g/mol. The molecule has 0 aromatic heterocycles. The van der Waals surface area contributed by atoms with Gasteiger partial charge >= 0.3 is 15.6 Å². The Labute approximate surface area is 281 Å². The van der Waals surface area contributed by atoms with Gasteiger partial charge in [-0.15, -0.1) is 0 Å². The zero-order valence-corrected chi connectivity index (χ0v) is 30.5. The van der Waals surface area contributed by atoms with E-state index in [4.69, 9.17) is 56.0 Å². The molecule has 0 aliphatic carbocycles. The molecule has 18 heteroatoms. The Morgan fingerprint density at radius 1 is 0.625 bits per heavy atom. The third-order valence-electron chi connectivity index (χ3n) is 10.3. The number of phosphoric acid groups is 2. The van der Waals surface area contributed by atoms with E-state index in [-0.39, 0.29) is 82.5 Å². The van der Waals surface area contributed by atoms with E-state index in [2.05, 4.69) is 0 Å². The SMILES string of the molecule is CC(C)OCC12COCC([C@H](C)O1)[C@H]2OP(=O)(O)OCC12COCC([C@H](C)O1)[C@H]2OP(=O)(O)OCC12COCC([C@H](C)O1)[C@H]2OC(C)C. The lowest BCUT2D eigenvalue weighted by atomic mass is 9.87. The number of ether oxygens (including phenoxy) is 8. The van der Waals surface area contributed by atoms with E-state index < -0.39 is 69.4 Å². The van der Waals surface area contributed by atoms with Crippen molar-refractivity contribution in [2.45, 2.75) is 114 Å². The average Bonchev–Trinajstić information content (AvgIpc) is 3.28. The summed E-state index contributed by atoms with van der Waals surface area (Å²) in [5, 5.41) is 0. The highest BCUT2D eigenvalue weighted by Crippen LogP contribution is 2.57. The Kier molecular flexibility index (Phi) is 11.0. The second kappa shape index (κ2) is 14.0. The minimum absolute atomic E-state index is 0.0649. The highest BCUT2D eigenvalue weighted by Gasteiger charge is 2.63. The molecule has 48 heavy (non-hydrogen) atoms. The first-order chi connectivity index (χ1) is 22.5. The van der Waals surface area contributed by atoms with Crippen LogP contribution in [0.1, 0.15) is 48.5 Å². The predicted octanol–water partition coefficient (Wildman–Crippen LogP) is 2.62. The summed E-state index contributed by atoms with van der Waals surface area (Å²) in [5.41, 5.74) is -3.71. The maximum Gasteiger partial charge on any atom is 0.472 e. The summed E-state index contributed by atoms with van der Waals surface area (Å²) >= 11 is 0. The molecule has 6 aliphatic heterocycles. The van der Waals surface area contributed by atoms with Gasteiger partial charge in [0.2, 0.25) is 0 Å². The van der Waals surface area contributed by atoms with Crippen molar-refractivity contribution in [1.29, 1.82) is 0 Å². The van der Waals surface area contributed by atoms with Crippen molar-refractivity contribution in [2.24, 2.45) is 17.8 Å². The van der Waals surface area contributed by atoms with E-state index in [1.807, 2.05) is 41.5 Å². The summed E-state index contributed by atoms with van der Waals surface area (Å²) in [5.74, 6) is -0.898. The van der Waals surface area contributed by atoms with Crippen molar-refractivity contribution in [3.8, 4) is 0 Å². The van der Waals surface area contributed by atoms with Crippen LogP contribution >= 0.6 is 15.6 Å². The van der Waals surface area contributed by atoms with Gasteiger partial charge in [0.15, 0.2) is 0 Å². The summed E-state index contributed by atoms with van der Waals surface area (Å²) in [6, 6.07) is 0. The fourth-order valence-electron chi connectivity index (χ4n) is 7.98. The molecular formula is C30H52O16P2. The summed E-state index contributed by atoms with van der Waals surface area (Å²) in [7, 11) is -9.54. The van der Waals surface area contributed by atoms with Crippen molar-refractivity contribution < 1.29 is 74.9 Å². The van der Waals surface area contributed by atoms with Crippen molar-refractivity contribution in [3.63, 3.8) is 0 Å². The molecule has 6 heterocycles. The van der Waals surface area contributed by atoms with Crippen LogP contribution in [0.3, 0.4) is 0 Å². The second-order valence-corrected chi connectivity index (χ2v) is 17.5. The molecule has 6 fully saturated rings. The van der Waals surface area contributed by atoms with E-state index in [0.29, 0.717) is 6.61 Å². The van der Waals surface area contributed by atoms with Crippen LogP contribution < -0.4 is 0 Å². The molecule has 6 aliphatic rings. The maximum atomic E-state index is 13.6. The molecule has 8 unspecified atom stereocenters. The van der Waals surface area contributed by atoms with E-state index >= 15 is 0 Å². The lowest BCUT2D eigenvalue weighted by molar-refractivity contribution is -0.185. The highest BCUT2D eigenvalue weighted by atomic mass is 31.2. The monoisotopic (exact) mass is 730 g/mol. The smallest absolute Gasteiger partial charge is 0.378 e. The van der Waals surface area contributed by atoms with Gasteiger partial charge in [-0.05, 0) is 48.5 Å². The van der Waals surface area contributed by atoms with Gasteiger partial charge in [0, 0.05) is 17.8 Å². The molecule has 6 rings (SSSR count). The summed E-state index contributed by atoms with van der Waals surface area (Å²) in [6.07, 6.45) is -3.58. The first kappa shape index (κ1) is 37.7. The van der Waals surface area contributed by atoms with Gasteiger partial charge in [0.1, 0.15) is 29.0 Å². The van der Waals surface area contributed by atoms with Gasteiger partial charge in [-0.3, -0.25) is 18.1 Å². The zero-order chi connectivity index (χ0) is 34.7. The van der Waals surface area contributed by atoms with Crippen molar-refractivity contribution in [3.05, 3.63) is 0 Å². The Bertz CT molecular complexity index is 1240. The fraction of sp³-hybridized carbons (Fsp3) is 1.00. The van der Waals surface area contributed by atoms with E-state index in [0.717, 1.165) is 0 Å². The van der Waals surface area contributed by atoms with E-state index in [1.54, 1.807) is 6.92 Å². The number of phosphoric ester groups is 2. The lowest BCUT2D eigenvalue weighted by Gasteiger charge is -2.41. The lowest BCUT2D eigenvalue weighted by Crippen LogP contribution is -2.56. The van der Waals surface area contributed by atoms with E-state index in [9.17, 15) is 18.9 Å². The van der Waals surface area contributed by atoms with Gasteiger partial charge < -0.3 is 47.7 Å². The quantitative estimate of drug-likeness (QED) is 0.234. The van der Waals surface area contributed by atoms with Gasteiger partial charge in [-0.25, -0.2) is 9.13 Å². The third kappa shape index (κ3) is 7.39. The molecule has 6 saturated heterocycles. The van der Waals surface area contributed by atoms with Crippen molar-refractivity contribution in [2.75, 3.05) is 59.5 Å². The maximum absolute atomic E-state index is 13.6. The van der Waals surface area contributed by atoms with Gasteiger partial charge in [-0.2, -0.15) is 0 Å². The van der Waals surface area contributed by atoms with Crippen LogP contribution in [-0.2, 0) is 65.1 Å². The molecular weight excluding hydrogens is 678 g/mol. The summed E-state index contributed by atoms with van der Waals surface area (Å²) in [4.78, 5) is 22.1. The minimum atomic E-state index is -4.77. The largest absolute Gasteiger partial charge is 0.472 e. The highest BCUT2D eigenvalue weighted by molar-refractivity contribution is 7.47. The standard InChI is InChI=1S/C30H52O16P2/c1-17(2)38-14-28-11-36-9-23(20(6)42-28)26(28)45-48(33,34)40-16-30-13-37-10-24(21(7)44-30)27(30)46-47(31,32)39-15-29-12-35-8-22(19(5)43-29)25(29)41-18(3)4/h17-27H,8-16H2,1-7H3,(H,31,32)(H,33,34)/t19-,20-,21-,22?,23?,24?,25+,26+,27+,28?,29?,30?/m0/s1. The van der Waals surface area contributed by atoms with Crippen LogP contribution in [0.25, 0.3) is 0 Å². The molecule has 0 aromatic carbocycles. The molecule has 0 radical (unpaired) electrons. The molecule has 0 aromatic rings. The number of hydrogen-bond donors (Lipinski definition) is 2. The number of rotatable bonds is 15. The van der Waals surface area contributed by atoms with Crippen molar-refractivity contribution >= 4 is 15.6 Å². The Morgan fingerprint density at radius 3 is 1.40 bits per heavy atom. The predicted molar refractivity (Wildman–Crippen MR) is 165 cm³/mol. The summed E-state index contributed by atoms with van der Waals surface area (Å²) in [6.45, 7) is 13.4. The molecule has 6 bridgehead atoms. The van der Waals surface area contributed by atoms with Crippen LogP contribution in [0, 0.1) is 17.8 Å². The number of hydrogen-bond acceptors (Lipinski definition) is 14. The fourth-order valence-corrected chi connectivity index (χ4v) is 10.1. The topological polar surface area (TPSA) is 185 Å². The van der Waals surface area contributed by atoms with Crippen molar-refractivity contribution in [1.82, 2.24) is 0 Å². The van der Waals surface area contributed by atoms with Crippen LogP contribution in [0.15, 0.2) is 0 Å². The van der Waals surface area contributed by atoms with E-state index in [1.165, 1.54) is 0 Å². The molecule has 0 spiro atoms. The first-order valence-electron chi connectivity index (χ1n) is 16.8. The Balaban J connectivity index is 1.13. The third-order valence-corrected chi connectivity index (χ3v) is 12.2. The molecule has 14 atom stereocenters. The molecule has 16 nitrogen and oxygen atoms in total. The second-order valence-electron chi connectivity index (χ2n) is 14.7. The molecule has 0 saturated carbocycles. The molecule has 0 amide bonds. The van der Waals surface area contributed by atoms with Gasteiger partial charge in [0.05, 0.1) is 96.1 Å². The normalized spacial score (nSPS) is 46.3.